The quantitative estimate of drug-likeness (QED) is 0.379. The van der Waals surface area contributed by atoms with E-state index < -0.39 is 23.6 Å². The summed E-state index contributed by atoms with van der Waals surface area (Å²) in [6.45, 7) is 2.38. The highest BCUT2D eigenvalue weighted by Gasteiger charge is 2.49. The lowest BCUT2D eigenvalue weighted by molar-refractivity contribution is -0.138. The zero-order valence-electron chi connectivity index (χ0n) is 23.1. The molecule has 3 aliphatic rings. The number of ether oxygens (including phenoxy) is 1. The van der Waals surface area contributed by atoms with Gasteiger partial charge >= 0.3 is 6.18 Å². The van der Waals surface area contributed by atoms with E-state index in [1.165, 1.54) is 6.07 Å². The Hall–Kier alpha value is -2.95. The number of rotatable bonds is 8. The van der Waals surface area contributed by atoms with Crippen molar-refractivity contribution in [1.82, 2.24) is 20.1 Å². The van der Waals surface area contributed by atoms with Crippen molar-refractivity contribution in [2.24, 2.45) is 13.0 Å². The van der Waals surface area contributed by atoms with Gasteiger partial charge < -0.3 is 24.6 Å². The number of halogens is 3. The molecule has 1 aliphatic heterocycles. The summed E-state index contributed by atoms with van der Waals surface area (Å²) in [4.78, 5) is 1.63. The molecule has 0 saturated heterocycles. The van der Waals surface area contributed by atoms with Crippen molar-refractivity contribution in [3.8, 4) is 0 Å². The molecule has 3 aromatic rings. The van der Waals surface area contributed by atoms with Gasteiger partial charge in [-0.05, 0) is 85.9 Å². The van der Waals surface area contributed by atoms with Crippen LogP contribution in [0, 0.1) is 5.92 Å². The lowest BCUT2D eigenvalue weighted by Gasteiger charge is -2.44. The molecule has 6 rings (SSSR count). The van der Waals surface area contributed by atoms with E-state index in [9.17, 15) is 18.3 Å². The first-order valence-electron chi connectivity index (χ1n) is 14.0. The zero-order chi connectivity index (χ0) is 28.3. The second-order valence-electron chi connectivity index (χ2n) is 11.9. The summed E-state index contributed by atoms with van der Waals surface area (Å²) >= 11 is 0. The lowest BCUT2D eigenvalue weighted by Crippen LogP contribution is -2.47. The monoisotopic (exact) mass is 555 g/mol. The van der Waals surface area contributed by atoms with Crippen LogP contribution in [0.15, 0.2) is 42.7 Å². The van der Waals surface area contributed by atoms with E-state index >= 15 is 0 Å². The smallest absolute Gasteiger partial charge is 0.369 e. The van der Waals surface area contributed by atoms with Gasteiger partial charge in [-0.1, -0.05) is 18.6 Å². The van der Waals surface area contributed by atoms with E-state index in [0.717, 1.165) is 44.1 Å². The van der Waals surface area contributed by atoms with Crippen LogP contribution in [0.1, 0.15) is 85.3 Å². The molecule has 2 N–H and O–H groups in total. The van der Waals surface area contributed by atoms with Crippen molar-refractivity contribution in [3.05, 3.63) is 76.4 Å². The average molecular weight is 556 g/mol. The maximum Gasteiger partial charge on any atom is 0.416 e. The van der Waals surface area contributed by atoms with E-state index in [1.807, 2.05) is 35.9 Å². The van der Waals surface area contributed by atoms with Gasteiger partial charge in [-0.25, -0.2) is 0 Å². The van der Waals surface area contributed by atoms with Gasteiger partial charge in [-0.15, -0.1) is 10.2 Å². The van der Waals surface area contributed by atoms with Gasteiger partial charge in [0.05, 0.1) is 5.56 Å². The molecule has 1 aromatic heterocycles. The maximum absolute atomic E-state index is 14.3. The van der Waals surface area contributed by atoms with Gasteiger partial charge in [0.2, 0.25) is 0 Å². The van der Waals surface area contributed by atoms with Crippen LogP contribution in [-0.2, 0) is 36.7 Å². The second-order valence-corrected chi connectivity index (χ2v) is 11.9. The van der Waals surface area contributed by atoms with E-state index in [0.29, 0.717) is 29.2 Å². The Bertz CT molecular complexity index is 1400. The fraction of sp³-hybridized carbons (Fsp3) is 0.533. The Morgan fingerprint density at radius 3 is 2.50 bits per heavy atom. The third kappa shape index (κ3) is 4.40. The van der Waals surface area contributed by atoms with Crippen LogP contribution in [0.4, 0.5) is 18.9 Å². The molecule has 2 aliphatic carbocycles. The predicted octanol–water partition coefficient (Wildman–Crippen LogP) is 5.57. The van der Waals surface area contributed by atoms with Gasteiger partial charge in [-0.3, -0.25) is 0 Å². The van der Waals surface area contributed by atoms with Crippen molar-refractivity contribution in [2.75, 3.05) is 12.0 Å². The molecule has 214 valence electrons. The van der Waals surface area contributed by atoms with E-state index in [-0.39, 0.29) is 23.6 Å². The lowest BCUT2D eigenvalue weighted by atomic mass is 9.69. The number of aromatic nitrogens is 3. The van der Waals surface area contributed by atoms with Crippen LogP contribution >= 0.6 is 0 Å². The standard InChI is InChI=1S/C30H36F3N5O2/c1-28(11-6-12-28)34-16-19-13-23-24(25(14-19)30(31,32)33)17-38(26(23)39)22-10-5-9-21(15-22)29(40-3,20-7-4-8-20)27-36-35-18-37(27)2/h5,9-10,13-15,18,20,26,34,39H,4,6-8,11-12,16-17H2,1-3H3/t26?,29-/m0/s1. The average Bonchev–Trinajstić information content (AvgIpc) is 3.46. The number of benzene rings is 2. The van der Waals surface area contributed by atoms with Crippen molar-refractivity contribution in [1.29, 1.82) is 0 Å². The Balaban J connectivity index is 1.36. The summed E-state index contributed by atoms with van der Waals surface area (Å²) in [7, 11) is 3.54. The van der Waals surface area contributed by atoms with Crippen molar-refractivity contribution in [2.45, 2.75) is 82.1 Å². The molecule has 2 atom stereocenters. The Kier molecular flexibility index (Phi) is 6.71. The topological polar surface area (TPSA) is 75.4 Å². The van der Waals surface area contributed by atoms with Crippen LogP contribution in [0.25, 0.3) is 0 Å². The van der Waals surface area contributed by atoms with Gasteiger partial charge in [0, 0.05) is 44.0 Å². The minimum atomic E-state index is -4.53. The first-order chi connectivity index (χ1) is 19.1. The molecule has 2 aromatic carbocycles. The van der Waals surface area contributed by atoms with Crippen LogP contribution < -0.4 is 10.2 Å². The predicted molar refractivity (Wildman–Crippen MR) is 144 cm³/mol. The molecule has 2 heterocycles. The maximum atomic E-state index is 14.3. The van der Waals surface area contributed by atoms with Crippen molar-refractivity contribution < 1.29 is 23.0 Å². The molecular formula is C30H36F3N5O2. The highest BCUT2D eigenvalue weighted by atomic mass is 19.4. The molecule has 7 nitrogen and oxygen atoms in total. The Morgan fingerprint density at radius 1 is 1.15 bits per heavy atom. The molecule has 0 bridgehead atoms. The molecule has 0 amide bonds. The van der Waals surface area contributed by atoms with Gasteiger partial charge in [-0.2, -0.15) is 13.2 Å². The third-order valence-electron chi connectivity index (χ3n) is 9.38. The summed E-state index contributed by atoms with van der Waals surface area (Å²) in [5.41, 5.74) is 0.836. The SMILES string of the molecule is CO[C@@](c1cccc(N2Cc3c(cc(CNC4(C)CCC4)cc3C(F)(F)F)C2O)c1)(c1nncn1C)C1CCC1. The number of aryl methyl sites for hydroxylation is 1. The van der Waals surface area contributed by atoms with Gasteiger partial charge in [0.15, 0.2) is 17.7 Å². The number of nitrogens with one attached hydrogen (secondary N) is 1. The first-order valence-corrected chi connectivity index (χ1v) is 14.0. The van der Waals surface area contributed by atoms with E-state index in [2.05, 4.69) is 22.4 Å². The fourth-order valence-electron chi connectivity index (χ4n) is 6.65. The number of aliphatic hydroxyl groups excluding tert-OH is 1. The summed E-state index contributed by atoms with van der Waals surface area (Å²) in [6.07, 6.45) is 2.06. The van der Waals surface area contributed by atoms with Crippen LogP contribution in [0.3, 0.4) is 0 Å². The largest absolute Gasteiger partial charge is 0.416 e. The second kappa shape index (κ2) is 9.85. The van der Waals surface area contributed by atoms with Gasteiger partial charge in [0.25, 0.3) is 0 Å². The zero-order valence-corrected chi connectivity index (χ0v) is 23.1. The molecule has 10 heteroatoms. The summed E-state index contributed by atoms with van der Waals surface area (Å²) < 4.78 is 50.9. The number of methoxy groups -OCH3 is 1. The number of aliphatic hydroxyl groups is 1. The molecular weight excluding hydrogens is 519 g/mol. The number of hydrogen-bond acceptors (Lipinski definition) is 6. The van der Waals surface area contributed by atoms with Crippen molar-refractivity contribution in [3.63, 3.8) is 0 Å². The van der Waals surface area contributed by atoms with Gasteiger partial charge in [0.1, 0.15) is 6.33 Å². The van der Waals surface area contributed by atoms with Crippen LogP contribution in [-0.4, -0.2) is 32.5 Å². The number of fused-ring (bicyclic) bond motifs is 1. The third-order valence-corrected chi connectivity index (χ3v) is 9.38. The normalized spacial score (nSPS) is 22.0. The minimum absolute atomic E-state index is 0.0422. The summed E-state index contributed by atoms with van der Waals surface area (Å²) in [5.74, 6) is 0.861. The molecule has 0 radical (unpaired) electrons. The Morgan fingerprint density at radius 2 is 1.93 bits per heavy atom. The number of hydrogen-bond donors (Lipinski definition) is 2. The van der Waals surface area contributed by atoms with Crippen LogP contribution in [0.2, 0.25) is 0 Å². The highest BCUT2D eigenvalue weighted by molar-refractivity contribution is 5.58. The first kappa shape index (κ1) is 27.2. The van der Waals surface area contributed by atoms with E-state index in [4.69, 9.17) is 4.74 Å². The van der Waals surface area contributed by atoms with E-state index in [1.54, 1.807) is 24.4 Å². The number of alkyl halides is 3. The van der Waals surface area contributed by atoms with Crippen LogP contribution in [0.5, 0.6) is 0 Å². The Labute approximate surface area is 232 Å². The molecule has 1 unspecified atom stereocenters. The molecule has 2 saturated carbocycles. The van der Waals surface area contributed by atoms with Crippen molar-refractivity contribution >= 4 is 5.69 Å². The molecule has 40 heavy (non-hydrogen) atoms. The highest BCUT2D eigenvalue weighted by Crippen LogP contribution is 2.50. The minimum Gasteiger partial charge on any atom is -0.369 e. The fourth-order valence-corrected chi connectivity index (χ4v) is 6.65. The number of nitrogens with zero attached hydrogens (tertiary/aromatic N) is 4. The summed E-state index contributed by atoms with van der Waals surface area (Å²) in [6, 6.07) is 10.5. The summed E-state index contributed by atoms with van der Waals surface area (Å²) in [5, 5.41) is 23.3. The number of anilines is 1. The molecule has 0 spiro atoms. The molecule has 2 fully saturated rings.